The molecule has 0 radical (unpaired) electrons. The predicted molar refractivity (Wildman–Crippen MR) is 59.0 cm³/mol. The maximum absolute atomic E-state index is 10.8. The van der Waals surface area contributed by atoms with E-state index in [0.717, 1.165) is 30.0 Å². The van der Waals surface area contributed by atoms with Gasteiger partial charge in [0.1, 0.15) is 0 Å². The third kappa shape index (κ3) is 4.06. The van der Waals surface area contributed by atoms with Crippen LogP contribution in [-0.2, 0) is 10.3 Å². The first kappa shape index (κ1) is 12.9. The van der Waals surface area contributed by atoms with Crippen molar-refractivity contribution < 1.29 is 13.0 Å². The Morgan fingerprint density at radius 2 is 1.87 bits per heavy atom. The fourth-order valence-electron chi connectivity index (χ4n) is 2.09. The molecule has 2 N–H and O–H groups in total. The number of hydrogen-bond donors (Lipinski definition) is 2. The molecule has 15 heavy (non-hydrogen) atoms. The molecular weight excluding hydrogens is 216 g/mol. The van der Waals surface area contributed by atoms with Gasteiger partial charge in [0.05, 0.1) is 0 Å². The Morgan fingerprint density at radius 3 is 2.27 bits per heavy atom. The van der Waals surface area contributed by atoms with Crippen molar-refractivity contribution in [1.82, 2.24) is 9.62 Å². The smallest absolute Gasteiger partial charge is 0.317 e. The average molecular weight is 236 g/mol. The number of nitrogens with zero attached hydrogens (tertiary/aromatic N) is 1. The molecule has 1 aliphatic rings. The van der Waals surface area contributed by atoms with Crippen LogP contribution in [0.1, 0.15) is 25.7 Å². The van der Waals surface area contributed by atoms with Crippen molar-refractivity contribution >= 4 is 10.3 Å². The molecule has 0 heterocycles. The lowest BCUT2D eigenvalue weighted by Gasteiger charge is -2.29. The molecule has 0 aromatic rings. The van der Waals surface area contributed by atoms with E-state index in [1.165, 1.54) is 7.05 Å². The Morgan fingerprint density at radius 1 is 1.33 bits per heavy atom. The van der Waals surface area contributed by atoms with Crippen LogP contribution in [0.15, 0.2) is 0 Å². The minimum atomic E-state index is -4.00. The summed E-state index contributed by atoms with van der Waals surface area (Å²) in [5, 5.41) is 3.23. The lowest BCUT2D eigenvalue weighted by Crippen LogP contribution is -2.36. The molecule has 1 fully saturated rings. The third-order valence-electron chi connectivity index (χ3n) is 3.16. The third-order valence-corrected chi connectivity index (χ3v) is 4.10. The van der Waals surface area contributed by atoms with Gasteiger partial charge < -0.3 is 5.32 Å². The Hall–Kier alpha value is -0.170. The summed E-state index contributed by atoms with van der Waals surface area (Å²) < 4.78 is 31.4. The van der Waals surface area contributed by atoms with Crippen LogP contribution in [0.2, 0.25) is 0 Å². The van der Waals surface area contributed by atoms with Gasteiger partial charge in [0.15, 0.2) is 0 Å². The van der Waals surface area contributed by atoms with Gasteiger partial charge in [0, 0.05) is 19.6 Å². The first-order chi connectivity index (χ1) is 6.93. The number of nitrogens with one attached hydrogen (secondary N) is 1. The second-order valence-corrected chi connectivity index (χ2v) is 5.78. The fraction of sp³-hybridized carbons (Fsp3) is 1.00. The molecule has 5 nitrogen and oxygen atoms in total. The van der Waals surface area contributed by atoms with Crippen LogP contribution in [-0.4, -0.2) is 44.0 Å². The lowest BCUT2D eigenvalue weighted by atomic mass is 9.86. The van der Waals surface area contributed by atoms with E-state index < -0.39 is 10.3 Å². The van der Waals surface area contributed by atoms with Gasteiger partial charge in [-0.2, -0.15) is 12.7 Å². The van der Waals surface area contributed by atoms with Gasteiger partial charge in [-0.1, -0.05) is 0 Å². The van der Waals surface area contributed by atoms with Crippen molar-refractivity contribution in [2.75, 3.05) is 20.6 Å². The first-order valence-corrected chi connectivity index (χ1v) is 6.69. The minimum absolute atomic E-state index is 0.376. The maximum atomic E-state index is 10.8. The van der Waals surface area contributed by atoms with E-state index in [1.807, 2.05) is 7.05 Å². The van der Waals surface area contributed by atoms with Crippen LogP contribution in [0, 0.1) is 5.92 Å². The van der Waals surface area contributed by atoms with Gasteiger partial charge >= 0.3 is 10.3 Å². The summed E-state index contributed by atoms with van der Waals surface area (Å²) in [6.07, 6.45) is 4.21. The van der Waals surface area contributed by atoms with E-state index >= 15 is 0 Å². The van der Waals surface area contributed by atoms with Crippen molar-refractivity contribution in [3.05, 3.63) is 0 Å². The van der Waals surface area contributed by atoms with Crippen molar-refractivity contribution in [1.29, 1.82) is 0 Å². The van der Waals surface area contributed by atoms with E-state index in [4.69, 9.17) is 4.55 Å². The summed E-state index contributed by atoms with van der Waals surface area (Å²) in [7, 11) is -0.634. The zero-order valence-corrected chi connectivity index (χ0v) is 10.1. The van der Waals surface area contributed by atoms with Crippen LogP contribution < -0.4 is 5.32 Å². The summed E-state index contributed by atoms with van der Waals surface area (Å²) in [5.74, 6) is 0.376. The SMILES string of the molecule is CNC1CCC(CN(C)S(=O)(=O)O)CC1. The fourth-order valence-corrected chi connectivity index (χ4v) is 2.49. The normalized spacial score (nSPS) is 28.3. The average Bonchev–Trinajstić information content (AvgIpc) is 2.17. The molecule has 0 spiro atoms. The zero-order chi connectivity index (χ0) is 11.5. The lowest BCUT2D eigenvalue weighted by molar-refractivity contribution is 0.256. The molecule has 0 amide bonds. The van der Waals surface area contributed by atoms with Crippen LogP contribution in [0.25, 0.3) is 0 Å². The zero-order valence-electron chi connectivity index (χ0n) is 9.31. The molecule has 0 saturated heterocycles. The Balaban J connectivity index is 2.36. The maximum Gasteiger partial charge on any atom is 0.335 e. The predicted octanol–water partition coefficient (Wildman–Crippen LogP) is 0.499. The molecule has 0 unspecified atom stereocenters. The molecule has 90 valence electrons. The summed E-state index contributed by atoms with van der Waals surface area (Å²) in [4.78, 5) is 0. The van der Waals surface area contributed by atoms with Crippen LogP contribution >= 0.6 is 0 Å². The number of hydrogen-bond acceptors (Lipinski definition) is 3. The van der Waals surface area contributed by atoms with Crippen LogP contribution in [0.4, 0.5) is 0 Å². The first-order valence-electron chi connectivity index (χ1n) is 5.29. The Kier molecular flexibility index (Phi) is 4.51. The minimum Gasteiger partial charge on any atom is -0.317 e. The van der Waals surface area contributed by atoms with Gasteiger partial charge in [0.25, 0.3) is 0 Å². The molecule has 0 bridgehead atoms. The second kappa shape index (κ2) is 5.25. The summed E-state index contributed by atoms with van der Waals surface area (Å²) in [5.41, 5.74) is 0. The molecule has 0 aliphatic heterocycles. The van der Waals surface area contributed by atoms with E-state index in [2.05, 4.69) is 5.32 Å². The van der Waals surface area contributed by atoms with Gasteiger partial charge in [-0.25, -0.2) is 0 Å². The topological polar surface area (TPSA) is 69.6 Å². The Labute approximate surface area is 91.7 Å². The molecule has 6 heteroatoms. The van der Waals surface area contributed by atoms with Crippen molar-refractivity contribution in [2.24, 2.45) is 5.92 Å². The van der Waals surface area contributed by atoms with E-state index in [1.54, 1.807) is 0 Å². The van der Waals surface area contributed by atoms with Crippen molar-refractivity contribution in [2.45, 2.75) is 31.7 Å². The monoisotopic (exact) mass is 236 g/mol. The molecular formula is C9H20N2O3S. The largest absolute Gasteiger partial charge is 0.335 e. The summed E-state index contributed by atoms with van der Waals surface area (Å²) in [6.45, 7) is 0.426. The molecule has 1 saturated carbocycles. The van der Waals surface area contributed by atoms with Gasteiger partial charge in [-0.3, -0.25) is 4.55 Å². The highest BCUT2D eigenvalue weighted by atomic mass is 32.2. The highest BCUT2D eigenvalue weighted by Crippen LogP contribution is 2.24. The van der Waals surface area contributed by atoms with Gasteiger partial charge in [-0.05, 0) is 38.6 Å². The summed E-state index contributed by atoms with van der Waals surface area (Å²) in [6, 6.07) is 0.567. The quantitative estimate of drug-likeness (QED) is 0.697. The highest BCUT2D eigenvalue weighted by molar-refractivity contribution is 7.83. The molecule has 0 atom stereocenters. The van der Waals surface area contributed by atoms with Crippen LogP contribution in [0.3, 0.4) is 0 Å². The standard InChI is InChI=1S/C9H20N2O3S/c1-10-9-5-3-8(4-6-9)7-11(2)15(12,13)14/h8-10H,3-7H2,1-2H3,(H,12,13,14). The van der Waals surface area contributed by atoms with Crippen LogP contribution in [0.5, 0.6) is 0 Å². The molecule has 1 rings (SSSR count). The van der Waals surface area contributed by atoms with Crippen molar-refractivity contribution in [3.63, 3.8) is 0 Å². The number of rotatable bonds is 4. The Bertz CT molecular complexity index is 284. The molecule has 0 aromatic carbocycles. The molecule has 1 aliphatic carbocycles. The van der Waals surface area contributed by atoms with E-state index in [0.29, 0.717) is 18.5 Å². The van der Waals surface area contributed by atoms with E-state index in [-0.39, 0.29) is 0 Å². The van der Waals surface area contributed by atoms with Gasteiger partial charge in [0.2, 0.25) is 0 Å². The van der Waals surface area contributed by atoms with E-state index in [9.17, 15) is 8.42 Å². The summed E-state index contributed by atoms with van der Waals surface area (Å²) >= 11 is 0. The second-order valence-electron chi connectivity index (χ2n) is 4.26. The van der Waals surface area contributed by atoms with Gasteiger partial charge in [-0.15, -0.1) is 0 Å². The highest BCUT2D eigenvalue weighted by Gasteiger charge is 2.24. The van der Waals surface area contributed by atoms with Crippen molar-refractivity contribution in [3.8, 4) is 0 Å². The molecule has 0 aromatic heterocycles.